The normalized spacial score (nSPS) is 11.1. The van der Waals surface area contributed by atoms with E-state index in [1.165, 1.54) is 21.9 Å². The Hall–Kier alpha value is -5.05. The molecule has 320 valence electrons. The van der Waals surface area contributed by atoms with Gasteiger partial charge in [-0.3, -0.25) is 9.59 Å². The predicted molar refractivity (Wildman–Crippen MR) is 237 cm³/mol. The van der Waals surface area contributed by atoms with Crippen molar-refractivity contribution in [1.82, 2.24) is 0 Å². The van der Waals surface area contributed by atoms with Crippen LogP contribution in [0, 0.1) is 47.2 Å². The molecule has 61 heavy (non-hydrogen) atoms. The molecule has 6 aromatic rings. The molecule has 0 aliphatic rings. The second-order valence-electron chi connectivity index (χ2n) is 14.3. The molecule has 0 N–H and O–H groups in total. The SMILES string of the molecule is CCCCC(CC)CN(C(=O)c1ccccc1)c1ccc(F)[c-]c1F.CCCCC(CC)CN(C(=O)c1ccccc1)c1ccc(F)[c-]c1F.[Ti+4].c1cc[cH-]c1.c1cc[cH-]c1. The third kappa shape index (κ3) is 18.6. The van der Waals surface area contributed by atoms with Crippen molar-refractivity contribution < 1.29 is 48.9 Å². The quantitative estimate of drug-likeness (QED) is 0.0552. The Bertz CT molecular complexity index is 1840. The largest absolute Gasteiger partial charge is 4.00 e. The molecule has 0 spiro atoms. The van der Waals surface area contributed by atoms with Crippen LogP contribution in [-0.2, 0) is 21.7 Å². The molecule has 2 unspecified atom stereocenters. The Kier molecular flexibility index (Phi) is 25.7. The van der Waals surface area contributed by atoms with Gasteiger partial charge >= 0.3 is 21.7 Å². The third-order valence-corrected chi connectivity index (χ3v) is 9.88. The van der Waals surface area contributed by atoms with Crippen LogP contribution in [0.15, 0.2) is 146 Å². The molecule has 0 bridgehead atoms. The van der Waals surface area contributed by atoms with Gasteiger partial charge in [0, 0.05) is 47.5 Å². The summed E-state index contributed by atoms with van der Waals surface area (Å²) in [5.41, 5.74) is 1.11. The Labute approximate surface area is 376 Å². The van der Waals surface area contributed by atoms with Gasteiger partial charge in [-0.25, -0.2) is 41.8 Å². The molecular formula is C52H58F4N2O2Ti. The van der Waals surface area contributed by atoms with E-state index >= 15 is 0 Å². The maximum Gasteiger partial charge on any atom is 4.00 e. The maximum absolute atomic E-state index is 14.3. The molecule has 0 aliphatic heterocycles. The zero-order valence-electron chi connectivity index (χ0n) is 35.8. The summed E-state index contributed by atoms with van der Waals surface area (Å²) < 4.78 is 55.0. The Balaban J connectivity index is 0.000000335. The summed E-state index contributed by atoms with van der Waals surface area (Å²) in [6, 6.07) is 46.5. The number of carbonyl (C=O) groups excluding carboxylic acids is 2. The van der Waals surface area contributed by atoms with Crippen molar-refractivity contribution in [2.45, 2.75) is 79.1 Å². The van der Waals surface area contributed by atoms with Crippen LogP contribution in [0.3, 0.4) is 0 Å². The number of anilines is 2. The molecule has 0 fully saturated rings. The minimum Gasteiger partial charge on any atom is -0.359 e. The summed E-state index contributed by atoms with van der Waals surface area (Å²) in [5.74, 6) is -3.26. The van der Waals surface area contributed by atoms with Crippen molar-refractivity contribution in [3.63, 3.8) is 0 Å². The molecule has 4 nitrogen and oxygen atoms in total. The molecule has 0 heterocycles. The van der Waals surface area contributed by atoms with Gasteiger partial charge in [-0.1, -0.05) is 103 Å². The first-order valence-corrected chi connectivity index (χ1v) is 20.9. The van der Waals surface area contributed by atoms with Crippen molar-refractivity contribution in [1.29, 1.82) is 0 Å². The van der Waals surface area contributed by atoms with E-state index in [2.05, 4.69) is 27.7 Å². The Morgan fingerprint density at radius 1 is 0.525 bits per heavy atom. The van der Waals surface area contributed by atoms with Crippen LogP contribution in [0.25, 0.3) is 0 Å². The molecule has 0 aliphatic carbocycles. The summed E-state index contributed by atoms with van der Waals surface area (Å²) >= 11 is 0. The standard InChI is InChI=1S/2C21H24F2NO.2C5H5.Ti/c2*1-3-5-9-16(4-2)15-24(20-13-12-18(22)14-19(20)23)21(25)17-10-7-6-8-11-17;2*1-2-4-5-3-1;/h2*6-8,10-13,16H,3-5,9,15H2,1-2H3;2*1-5H;/q4*-1;+4. The number of benzene rings is 4. The van der Waals surface area contributed by atoms with E-state index in [1.807, 2.05) is 84.9 Å². The van der Waals surface area contributed by atoms with Crippen LogP contribution < -0.4 is 9.80 Å². The monoisotopic (exact) mass is 866 g/mol. The van der Waals surface area contributed by atoms with E-state index in [0.29, 0.717) is 24.2 Å². The van der Waals surface area contributed by atoms with Crippen molar-refractivity contribution in [2.24, 2.45) is 11.8 Å². The number of hydrogen-bond donors (Lipinski definition) is 0. The van der Waals surface area contributed by atoms with Gasteiger partial charge in [0.2, 0.25) is 11.8 Å². The van der Waals surface area contributed by atoms with E-state index < -0.39 is 23.3 Å². The van der Waals surface area contributed by atoms with E-state index in [9.17, 15) is 27.2 Å². The van der Waals surface area contributed by atoms with Gasteiger partial charge in [-0.2, -0.15) is 36.4 Å². The van der Waals surface area contributed by atoms with Crippen LogP contribution in [0.2, 0.25) is 0 Å². The molecule has 0 saturated carbocycles. The van der Waals surface area contributed by atoms with Crippen LogP contribution in [-0.4, -0.2) is 24.9 Å². The van der Waals surface area contributed by atoms with Crippen molar-refractivity contribution in [3.05, 3.63) is 192 Å². The number of amides is 2. The number of nitrogens with zero attached hydrogens (tertiary/aromatic N) is 2. The number of unbranched alkanes of at least 4 members (excludes halogenated alkanes) is 2. The average molecular weight is 867 g/mol. The van der Waals surface area contributed by atoms with Crippen LogP contribution in [0.5, 0.6) is 0 Å². The molecule has 9 heteroatoms. The zero-order valence-corrected chi connectivity index (χ0v) is 37.4. The first-order valence-electron chi connectivity index (χ1n) is 20.9. The van der Waals surface area contributed by atoms with Crippen LogP contribution in [0.1, 0.15) is 99.8 Å². The molecule has 6 rings (SSSR count). The fraction of sp³-hybridized carbons (Fsp3) is 0.308. The van der Waals surface area contributed by atoms with Crippen LogP contribution in [0.4, 0.5) is 28.9 Å². The number of hydrogen-bond acceptors (Lipinski definition) is 2. The second-order valence-corrected chi connectivity index (χ2v) is 14.3. The number of carbonyl (C=O) groups is 2. The van der Waals surface area contributed by atoms with Gasteiger partial charge in [-0.15, -0.1) is 36.4 Å². The molecule has 2 amide bonds. The van der Waals surface area contributed by atoms with E-state index in [4.69, 9.17) is 0 Å². The van der Waals surface area contributed by atoms with E-state index in [0.717, 1.165) is 63.5 Å². The van der Waals surface area contributed by atoms with Crippen molar-refractivity contribution >= 4 is 23.2 Å². The van der Waals surface area contributed by atoms with Gasteiger partial charge < -0.3 is 9.80 Å². The van der Waals surface area contributed by atoms with Gasteiger partial charge in [0.05, 0.1) is 0 Å². The maximum atomic E-state index is 14.3. The van der Waals surface area contributed by atoms with E-state index in [-0.39, 0.29) is 56.7 Å². The van der Waals surface area contributed by atoms with Gasteiger partial charge in [0.15, 0.2) is 0 Å². The van der Waals surface area contributed by atoms with Crippen LogP contribution >= 0.6 is 0 Å². The predicted octanol–water partition coefficient (Wildman–Crippen LogP) is 14.1. The average Bonchev–Trinajstić information content (AvgIpc) is 4.07. The molecule has 0 saturated heterocycles. The van der Waals surface area contributed by atoms with Crippen molar-refractivity contribution in [3.8, 4) is 0 Å². The smallest absolute Gasteiger partial charge is 0.359 e. The first-order chi connectivity index (χ1) is 29.1. The summed E-state index contributed by atoms with van der Waals surface area (Å²) in [6.45, 7) is 9.18. The van der Waals surface area contributed by atoms with Gasteiger partial charge in [0.25, 0.3) is 0 Å². The molecule has 0 aromatic heterocycles. The first kappa shape index (κ1) is 52.1. The number of rotatable bonds is 16. The Morgan fingerprint density at radius 2 is 0.869 bits per heavy atom. The molecule has 2 atom stereocenters. The fourth-order valence-corrected chi connectivity index (χ4v) is 6.34. The Morgan fingerprint density at radius 3 is 1.13 bits per heavy atom. The van der Waals surface area contributed by atoms with E-state index in [1.54, 1.807) is 48.5 Å². The fourth-order valence-electron chi connectivity index (χ4n) is 6.34. The summed E-state index contributed by atoms with van der Waals surface area (Å²) in [4.78, 5) is 28.8. The molecule has 6 aromatic carbocycles. The van der Waals surface area contributed by atoms with Crippen molar-refractivity contribution in [2.75, 3.05) is 22.9 Å². The summed E-state index contributed by atoms with van der Waals surface area (Å²) in [7, 11) is 0. The van der Waals surface area contributed by atoms with Gasteiger partial charge in [-0.05, 0) is 60.3 Å². The number of halogens is 4. The minimum absolute atomic E-state index is 0. The minimum atomic E-state index is -0.838. The third-order valence-electron chi connectivity index (χ3n) is 9.88. The second kappa shape index (κ2) is 30.1. The molecular weight excluding hydrogens is 808 g/mol. The zero-order chi connectivity index (χ0) is 43.5. The van der Waals surface area contributed by atoms with Gasteiger partial charge in [0.1, 0.15) is 0 Å². The summed E-state index contributed by atoms with van der Waals surface area (Å²) in [5, 5.41) is 0. The molecule has 0 radical (unpaired) electrons. The summed E-state index contributed by atoms with van der Waals surface area (Å²) in [6.07, 6.45) is 7.99. The topological polar surface area (TPSA) is 40.6 Å².